The van der Waals surface area contributed by atoms with Gasteiger partial charge >= 0.3 is 11.9 Å². The lowest BCUT2D eigenvalue weighted by Gasteiger charge is -2.32. The smallest absolute Gasteiger partial charge is 0.331 e. The normalized spacial score (nSPS) is 19.0. The van der Waals surface area contributed by atoms with Crippen molar-refractivity contribution in [3.63, 3.8) is 0 Å². The maximum Gasteiger partial charge on any atom is 0.331 e. The zero-order valence-corrected chi connectivity index (χ0v) is 11.5. The van der Waals surface area contributed by atoms with Gasteiger partial charge in [0, 0.05) is 20.3 Å². The van der Waals surface area contributed by atoms with E-state index in [9.17, 15) is 19.2 Å². The molecule has 1 aliphatic heterocycles. The van der Waals surface area contributed by atoms with Crippen molar-refractivity contribution in [1.82, 2.24) is 0 Å². The molecular weight excluding hydrogens is 252 g/mol. The fourth-order valence-electron chi connectivity index (χ4n) is 1.81. The number of ketones is 2. The van der Waals surface area contributed by atoms with Crippen LogP contribution in [-0.4, -0.2) is 29.3 Å². The van der Waals surface area contributed by atoms with Crippen LogP contribution in [0.3, 0.4) is 0 Å². The van der Waals surface area contributed by atoms with Crippen LogP contribution in [0.5, 0.6) is 0 Å². The fraction of sp³-hybridized carbons (Fsp3) is 0.692. The third kappa shape index (κ3) is 4.15. The number of cyclic esters (lactones) is 2. The van der Waals surface area contributed by atoms with Crippen molar-refractivity contribution in [2.24, 2.45) is 11.8 Å². The van der Waals surface area contributed by atoms with Gasteiger partial charge in [0.05, 0.1) is 6.42 Å². The summed E-state index contributed by atoms with van der Waals surface area (Å²) in [7, 11) is 0. The molecule has 1 rings (SSSR count). The van der Waals surface area contributed by atoms with Crippen molar-refractivity contribution in [2.45, 2.75) is 46.3 Å². The van der Waals surface area contributed by atoms with E-state index in [1.165, 1.54) is 13.8 Å². The van der Waals surface area contributed by atoms with Crippen molar-refractivity contribution >= 4 is 23.5 Å². The summed E-state index contributed by atoms with van der Waals surface area (Å²) in [6.45, 7) is 6.48. The second-order valence-corrected chi connectivity index (χ2v) is 5.45. The van der Waals surface area contributed by atoms with Gasteiger partial charge in [-0.05, 0) is 5.92 Å². The molecule has 0 atom stereocenters. The van der Waals surface area contributed by atoms with E-state index in [4.69, 9.17) is 9.47 Å². The topological polar surface area (TPSA) is 86.7 Å². The zero-order chi connectivity index (χ0) is 14.8. The number of carbonyl (C=O) groups excluding carboxylic acids is 4. The first-order valence-electron chi connectivity index (χ1n) is 6.12. The predicted molar refractivity (Wildman–Crippen MR) is 63.8 cm³/mol. The van der Waals surface area contributed by atoms with Gasteiger partial charge in [-0.1, -0.05) is 13.8 Å². The third-order valence-electron chi connectivity index (χ3n) is 2.49. The van der Waals surface area contributed by atoms with Gasteiger partial charge in [-0.25, -0.2) is 0 Å². The van der Waals surface area contributed by atoms with E-state index in [-0.39, 0.29) is 18.1 Å². The minimum absolute atomic E-state index is 0.115. The second-order valence-electron chi connectivity index (χ2n) is 5.45. The summed E-state index contributed by atoms with van der Waals surface area (Å²) in [4.78, 5) is 46.5. The molecule has 0 N–H and O–H groups in total. The summed E-state index contributed by atoms with van der Waals surface area (Å²) in [5, 5.41) is 0. The number of hydrogen-bond acceptors (Lipinski definition) is 6. The first-order valence-corrected chi connectivity index (χ1v) is 6.12. The molecule has 0 radical (unpaired) electrons. The van der Waals surface area contributed by atoms with Crippen LogP contribution < -0.4 is 0 Å². The van der Waals surface area contributed by atoms with Crippen molar-refractivity contribution in [3.05, 3.63) is 0 Å². The standard InChI is InChI=1S/C13H18O6/c1-7(2)5-8(14)6-9(15)10-11(16)18-13(3,4)19-12(10)17/h7,10H,5-6H2,1-4H3. The molecule has 6 heteroatoms. The Balaban J connectivity index is 2.70. The molecule has 19 heavy (non-hydrogen) atoms. The molecule has 6 nitrogen and oxygen atoms in total. The molecule has 0 aliphatic carbocycles. The Morgan fingerprint density at radius 3 is 2.05 bits per heavy atom. The Morgan fingerprint density at radius 2 is 1.63 bits per heavy atom. The Kier molecular flexibility index (Phi) is 4.44. The van der Waals surface area contributed by atoms with Crippen LogP contribution in [0.4, 0.5) is 0 Å². The minimum Gasteiger partial charge on any atom is -0.422 e. The van der Waals surface area contributed by atoms with Gasteiger partial charge in [0.15, 0.2) is 5.78 Å². The lowest BCUT2D eigenvalue weighted by molar-refractivity contribution is -0.238. The Labute approximate surface area is 111 Å². The summed E-state index contributed by atoms with van der Waals surface area (Å²) < 4.78 is 9.65. The zero-order valence-electron chi connectivity index (χ0n) is 11.5. The van der Waals surface area contributed by atoms with Gasteiger partial charge in [-0.2, -0.15) is 0 Å². The maximum atomic E-state index is 11.8. The Bertz CT molecular complexity index is 401. The monoisotopic (exact) mass is 270 g/mol. The van der Waals surface area contributed by atoms with Gasteiger partial charge < -0.3 is 9.47 Å². The summed E-state index contributed by atoms with van der Waals surface area (Å²) in [5.41, 5.74) is 0. The number of Topliss-reactive ketones (excluding diaryl/α,β-unsaturated/α-hetero) is 2. The van der Waals surface area contributed by atoms with Crippen LogP contribution in [0, 0.1) is 11.8 Å². The van der Waals surface area contributed by atoms with E-state index in [2.05, 4.69) is 0 Å². The SMILES string of the molecule is CC(C)CC(=O)CC(=O)C1C(=O)OC(C)(C)OC1=O. The molecule has 0 amide bonds. The quantitative estimate of drug-likeness (QED) is 0.547. The van der Waals surface area contributed by atoms with Crippen molar-refractivity contribution in [1.29, 1.82) is 0 Å². The number of esters is 2. The van der Waals surface area contributed by atoms with Crippen LogP contribution >= 0.6 is 0 Å². The summed E-state index contributed by atoms with van der Waals surface area (Å²) in [5.74, 6) is -5.87. The molecule has 1 fully saturated rings. The Morgan fingerprint density at radius 1 is 1.16 bits per heavy atom. The van der Waals surface area contributed by atoms with E-state index in [0.29, 0.717) is 0 Å². The highest BCUT2D eigenvalue weighted by atomic mass is 16.7. The largest absolute Gasteiger partial charge is 0.422 e. The highest BCUT2D eigenvalue weighted by Crippen LogP contribution is 2.24. The van der Waals surface area contributed by atoms with Gasteiger partial charge in [0.1, 0.15) is 5.78 Å². The van der Waals surface area contributed by atoms with Gasteiger partial charge in [0.2, 0.25) is 5.92 Å². The molecule has 0 saturated carbocycles. The van der Waals surface area contributed by atoms with Crippen molar-refractivity contribution < 1.29 is 28.7 Å². The fourth-order valence-corrected chi connectivity index (χ4v) is 1.81. The van der Waals surface area contributed by atoms with Gasteiger partial charge in [0.25, 0.3) is 5.79 Å². The highest BCUT2D eigenvalue weighted by molar-refractivity contribution is 6.19. The average Bonchev–Trinajstić information content (AvgIpc) is 2.10. The van der Waals surface area contributed by atoms with Crippen LogP contribution in [0.15, 0.2) is 0 Å². The average molecular weight is 270 g/mol. The molecule has 106 valence electrons. The van der Waals surface area contributed by atoms with Crippen LogP contribution in [-0.2, 0) is 28.7 Å². The van der Waals surface area contributed by atoms with E-state index >= 15 is 0 Å². The number of rotatable bonds is 5. The van der Waals surface area contributed by atoms with E-state index in [1.807, 2.05) is 13.8 Å². The first-order chi connectivity index (χ1) is 8.62. The maximum absolute atomic E-state index is 11.8. The lowest BCUT2D eigenvalue weighted by Crippen LogP contribution is -2.49. The van der Waals surface area contributed by atoms with Gasteiger partial charge in [-0.15, -0.1) is 0 Å². The van der Waals surface area contributed by atoms with E-state index < -0.39 is 35.8 Å². The molecule has 0 spiro atoms. The minimum atomic E-state index is -1.64. The number of ether oxygens (including phenoxy) is 2. The van der Waals surface area contributed by atoms with Crippen LogP contribution in [0.25, 0.3) is 0 Å². The first kappa shape index (κ1) is 15.3. The highest BCUT2D eigenvalue weighted by Gasteiger charge is 2.47. The van der Waals surface area contributed by atoms with Crippen molar-refractivity contribution in [3.8, 4) is 0 Å². The number of carbonyl (C=O) groups is 4. The molecule has 0 aromatic rings. The molecule has 1 saturated heterocycles. The molecular formula is C13H18O6. The Hall–Kier alpha value is -1.72. The lowest BCUT2D eigenvalue weighted by atomic mass is 9.95. The summed E-state index contributed by atoms with van der Waals surface area (Å²) >= 11 is 0. The molecule has 1 heterocycles. The second kappa shape index (κ2) is 5.50. The van der Waals surface area contributed by atoms with E-state index in [0.717, 1.165) is 0 Å². The molecule has 0 aromatic carbocycles. The molecule has 0 bridgehead atoms. The molecule has 0 unspecified atom stereocenters. The third-order valence-corrected chi connectivity index (χ3v) is 2.49. The number of hydrogen-bond donors (Lipinski definition) is 0. The summed E-state index contributed by atoms with van der Waals surface area (Å²) in [6, 6.07) is 0. The molecule has 1 aliphatic rings. The van der Waals surface area contributed by atoms with Gasteiger partial charge in [-0.3, -0.25) is 19.2 Å². The molecule has 0 aromatic heterocycles. The van der Waals surface area contributed by atoms with E-state index in [1.54, 1.807) is 0 Å². The van der Waals surface area contributed by atoms with Crippen LogP contribution in [0.2, 0.25) is 0 Å². The van der Waals surface area contributed by atoms with Crippen molar-refractivity contribution in [2.75, 3.05) is 0 Å². The summed E-state index contributed by atoms with van der Waals surface area (Å²) in [6.07, 6.45) is -0.221. The predicted octanol–water partition coefficient (Wildman–Crippen LogP) is 1.01. The van der Waals surface area contributed by atoms with Crippen LogP contribution in [0.1, 0.15) is 40.5 Å².